The Morgan fingerprint density at radius 2 is 2.50 bits per heavy atom. The minimum absolute atomic E-state index is 0.756. The Kier molecular flexibility index (Phi) is 2.11. The molecule has 1 rings (SSSR count). The monoisotopic (exact) mass is 220 g/mol. The molecule has 1 atom stereocenters. The molecule has 1 aliphatic rings. The zero-order valence-corrected chi connectivity index (χ0v) is 7.05. The standard InChI is InChI=1S/C7H9I/c1-6-3-2-4-7(8)5-6/h2-4,6H,5H2,1H3. The molecule has 0 saturated heterocycles. The van der Waals surface area contributed by atoms with Crippen LogP contribution in [0.4, 0.5) is 0 Å². The third kappa shape index (κ3) is 1.62. The summed E-state index contributed by atoms with van der Waals surface area (Å²) in [6.07, 6.45) is 7.77. The van der Waals surface area contributed by atoms with Crippen molar-refractivity contribution in [2.24, 2.45) is 5.92 Å². The second kappa shape index (κ2) is 2.67. The first kappa shape index (κ1) is 6.33. The number of halogens is 1. The molecular formula is C7H9I. The first-order chi connectivity index (χ1) is 3.79. The van der Waals surface area contributed by atoms with Gasteiger partial charge in [0, 0.05) is 0 Å². The van der Waals surface area contributed by atoms with Crippen molar-refractivity contribution in [2.45, 2.75) is 13.3 Å². The fourth-order valence-electron chi connectivity index (χ4n) is 0.793. The maximum atomic E-state index is 2.38. The molecule has 0 heterocycles. The fourth-order valence-corrected chi connectivity index (χ4v) is 1.70. The van der Waals surface area contributed by atoms with Gasteiger partial charge in [0.05, 0.1) is 0 Å². The van der Waals surface area contributed by atoms with Gasteiger partial charge in [-0.05, 0) is 38.5 Å². The molecule has 0 bridgehead atoms. The Morgan fingerprint density at radius 3 is 2.88 bits per heavy atom. The highest BCUT2D eigenvalue weighted by molar-refractivity contribution is 14.1. The molecule has 0 nitrogen and oxygen atoms in total. The maximum Gasteiger partial charge on any atom is -0.00884 e. The van der Waals surface area contributed by atoms with Gasteiger partial charge in [-0.3, -0.25) is 0 Å². The van der Waals surface area contributed by atoms with Gasteiger partial charge in [-0.1, -0.05) is 25.2 Å². The van der Waals surface area contributed by atoms with E-state index in [-0.39, 0.29) is 0 Å². The zero-order chi connectivity index (χ0) is 5.98. The molecule has 0 radical (unpaired) electrons. The largest absolute Gasteiger partial charge is 0.0813 e. The third-order valence-corrected chi connectivity index (χ3v) is 2.03. The summed E-state index contributed by atoms with van der Waals surface area (Å²) in [6, 6.07) is 0. The maximum absolute atomic E-state index is 2.38. The van der Waals surface area contributed by atoms with Gasteiger partial charge >= 0.3 is 0 Å². The van der Waals surface area contributed by atoms with Gasteiger partial charge in [-0.2, -0.15) is 0 Å². The van der Waals surface area contributed by atoms with Crippen LogP contribution in [0.2, 0.25) is 0 Å². The normalized spacial score (nSPS) is 27.8. The van der Waals surface area contributed by atoms with E-state index in [4.69, 9.17) is 0 Å². The summed E-state index contributed by atoms with van der Waals surface area (Å²) in [5, 5.41) is 0. The highest BCUT2D eigenvalue weighted by Gasteiger charge is 2.01. The lowest BCUT2D eigenvalue weighted by Gasteiger charge is -2.07. The van der Waals surface area contributed by atoms with E-state index in [0.717, 1.165) is 5.92 Å². The summed E-state index contributed by atoms with van der Waals surface area (Å²) in [7, 11) is 0. The van der Waals surface area contributed by atoms with Crippen molar-refractivity contribution in [1.29, 1.82) is 0 Å². The first-order valence-corrected chi connectivity index (χ1v) is 3.90. The molecule has 0 amide bonds. The molecule has 0 saturated carbocycles. The Balaban J connectivity index is 2.59. The topological polar surface area (TPSA) is 0 Å². The van der Waals surface area contributed by atoms with Gasteiger partial charge in [0.25, 0.3) is 0 Å². The molecule has 0 aromatic rings. The summed E-state index contributed by atoms with van der Waals surface area (Å²) in [6.45, 7) is 2.24. The van der Waals surface area contributed by atoms with Crippen LogP contribution in [0.25, 0.3) is 0 Å². The lowest BCUT2D eigenvalue weighted by atomic mass is 10.0. The van der Waals surface area contributed by atoms with Gasteiger partial charge in [-0.15, -0.1) is 0 Å². The van der Waals surface area contributed by atoms with E-state index >= 15 is 0 Å². The van der Waals surface area contributed by atoms with Crippen molar-refractivity contribution in [2.75, 3.05) is 0 Å². The molecule has 0 fully saturated rings. The quantitative estimate of drug-likeness (QED) is 0.550. The molecule has 0 aliphatic heterocycles. The van der Waals surface area contributed by atoms with Crippen LogP contribution in [0.3, 0.4) is 0 Å². The number of allylic oxidation sites excluding steroid dienone is 4. The van der Waals surface area contributed by atoms with Crippen molar-refractivity contribution >= 4 is 22.6 Å². The van der Waals surface area contributed by atoms with E-state index in [1.165, 1.54) is 10.0 Å². The van der Waals surface area contributed by atoms with Crippen molar-refractivity contribution in [3.63, 3.8) is 0 Å². The molecule has 1 heteroatoms. The van der Waals surface area contributed by atoms with E-state index in [2.05, 4.69) is 47.7 Å². The molecule has 0 aromatic heterocycles. The molecule has 1 unspecified atom stereocenters. The van der Waals surface area contributed by atoms with E-state index in [1.54, 1.807) is 0 Å². The van der Waals surface area contributed by atoms with E-state index in [9.17, 15) is 0 Å². The lowest BCUT2D eigenvalue weighted by Crippen LogP contribution is -1.91. The minimum Gasteiger partial charge on any atom is -0.0813 e. The summed E-state index contributed by atoms with van der Waals surface area (Å²) in [4.78, 5) is 0. The van der Waals surface area contributed by atoms with Crippen LogP contribution in [-0.2, 0) is 0 Å². The number of hydrogen-bond donors (Lipinski definition) is 0. The smallest absolute Gasteiger partial charge is 0.00884 e. The summed E-state index contributed by atoms with van der Waals surface area (Å²) < 4.78 is 1.47. The highest BCUT2D eigenvalue weighted by Crippen LogP contribution is 2.22. The van der Waals surface area contributed by atoms with Crippen molar-refractivity contribution in [1.82, 2.24) is 0 Å². The molecular weight excluding hydrogens is 211 g/mol. The van der Waals surface area contributed by atoms with Crippen LogP contribution in [0, 0.1) is 5.92 Å². The van der Waals surface area contributed by atoms with Crippen molar-refractivity contribution < 1.29 is 0 Å². The SMILES string of the molecule is CC1C=CC=C(I)C1. The zero-order valence-electron chi connectivity index (χ0n) is 4.89. The third-order valence-electron chi connectivity index (χ3n) is 1.23. The summed E-state index contributed by atoms with van der Waals surface area (Å²) >= 11 is 2.38. The molecule has 8 heavy (non-hydrogen) atoms. The van der Waals surface area contributed by atoms with Gasteiger partial charge in [-0.25, -0.2) is 0 Å². The Labute approximate surface area is 63.8 Å². The highest BCUT2D eigenvalue weighted by atomic mass is 127. The lowest BCUT2D eigenvalue weighted by molar-refractivity contribution is 0.733. The average Bonchev–Trinajstić information content (AvgIpc) is 1.64. The van der Waals surface area contributed by atoms with Crippen molar-refractivity contribution in [3.05, 3.63) is 21.8 Å². The van der Waals surface area contributed by atoms with Crippen LogP contribution < -0.4 is 0 Å². The molecule has 0 aromatic carbocycles. The second-order valence-corrected chi connectivity index (χ2v) is 3.57. The van der Waals surface area contributed by atoms with Gasteiger partial charge < -0.3 is 0 Å². The van der Waals surface area contributed by atoms with Crippen LogP contribution >= 0.6 is 22.6 Å². The molecule has 0 N–H and O–H groups in total. The molecule has 44 valence electrons. The predicted molar refractivity (Wildman–Crippen MR) is 45.0 cm³/mol. The van der Waals surface area contributed by atoms with Crippen LogP contribution in [0.15, 0.2) is 21.8 Å². The predicted octanol–water partition coefficient (Wildman–Crippen LogP) is 2.90. The van der Waals surface area contributed by atoms with Gasteiger partial charge in [0.2, 0.25) is 0 Å². The number of hydrogen-bond acceptors (Lipinski definition) is 0. The Bertz CT molecular complexity index is 133. The summed E-state index contributed by atoms with van der Waals surface area (Å²) in [5.74, 6) is 0.756. The summed E-state index contributed by atoms with van der Waals surface area (Å²) in [5.41, 5.74) is 0. The first-order valence-electron chi connectivity index (χ1n) is 2.82. The van der Waals surface area contributed by atoms with Gasteiger partial charge in [0.15, 0.2) is 0 Å². The van der Waals surface area contributed by atoms with E-state index in [0.29, 0.717) is 0 Å². The minimum atomic E-state index is 0.756. The molecule has 1 aliphatic carbocycles. The Hall–Kier alpha value is 0.210. The van der Waals surface area contributed by atoms with Gasteiger partial charge in [0.1, 0.15) is 0 Å². The van der Waals surface area contributed by atoms with E-state index < -0.39 is 0 Å². The Morgan fingerprint density at radius 1 is 1.75 bits per heavy atom. The van der Waals surface area contributed by atoms with Crippen molar-refractivity contribution in [3.8, 4) is 0 Å². The second-order valence-electron chi connectivity index (χ2n) is 2.18. The average molecular weight is 220 g/mol. The van der Waals surface area contributed by atoms with Crippen LogP contribution in [0.1, 0.15) is 13.3 Å². The van der Waals surface area contributed by atoms with Crippen LogP contribution in [-0.4, -0.2) is 0 Å². The fraction of sp³-hybridized carbons (Fsp3) is 0.429. The molecule has 0 spiro atoms. The van der Waals surface area contributed by atoms with Crippen LogP contribution in [0.5, 0.6) is 0 Å². The van der Waals surface area contributed by atoms with E-state index in [1.807, 2.05) is 0 Å². The number of rotatable bonds is 0.